The molecule has 0 saturated carbocycles. The summed E-state index contributed by atoms with van der Waals surface area (Å²) in [5.41, 5.74) is 3.66. The molecule has 1 saturated heterocycles. The van der Waals surface area contributed by atoms with Gasteiger partial charge in [0.25, 0.3) is 0 Å². The molecule has 4 nitrogen and oxygen atoms in total. The third kappa shape index (κ3) is 4.83. The van der Waals surface area contributed by atoms with Crippen molar-refractivity contribution in [2.75, 3.05) is 6.61 Å². The fourth-order valence-corrected chi connectivity index (χ4v) is 4.57. The molecule has 2 heterocycles. The molecule has 0 amide bonds. The molecule has 0 radical (unpaired) electrons. The Kier molecular flexibility index (Phi) is 6.22. The molecule has 0 bridgehead atoms. The van der Waals surface area contributed by atoms with Crippen molar-refractivity contribution in [2.45, 2.75) is 37.1 Å². The summed E-state index contributed by atoms with van der Waals surface area (Å²) in [5.74, 6) is -0.886. The van der Waals surface area contributed by atoms with Crippen molar-refractivity contribution >= 4 is 11.0 Å². The van der Waals surface area contributed by atoms with Gasteiger partial charge in [0.05, 0.1) is 31.1 Å². The Bertz CT molecular complexity index is 1160. The van der Waals surface area contributed by atoms with E-state index in [4.69, 9.17) is 9.15 Å². The third-order valence-corrected chi connectivity index (χ3v) is 6.34. The van der Waals surface area contributed by atoms with Crippen molar-refractivity contribution in [3.63, 3.8) is 0 Å². The van der Waals surface area contributed by atoms with Crippen molar-refractivity contribution in [2.24, 2.45) is 0 Å². The number of hydrogen-bond donors (Lipinski definition) is 2. The summed E-state index contributed by atoms with van der Waals surface area (Å²) in [7, 11) is 0. The fraction of sp³-hybridized carbons (Fsp3) is 0.259. The van der Waals surface area contributed by atoms with Crippen LogP contribution >= 0.6 is 0 Å². The van der Waals surface area contributed by atoms with Gasteiger partial charge in [-0.25, -0.2) is 8.78 Å². The van der Waals surface area contributed by atoms with Gasteiger partial charge in [-0.15, -0.1) is 0 Å². The number of hydrogen-bond acceptors (Lipinski definition) is 4. The van der Waals surface area contributed by atoms with Gasteiger partial charge in [-0.3, -0.25) is 0 Å². The predicted molar refractivity (Wildman–Crippen MR) is 122 cm³/mol. The number of aliphatic hydroxyl groups excluding tert-OH is 1. The highest BCUT2D eigenvalue weighted by Crippen LogP contribution is 2.35. The Balaban J connectivity index is 1.29. The van der Waals surface area contributed by atoms with Gasteiger partial charge < -0.3 is 19.6 Å². The average Bonchev–Trinajstić information content (AvgIpc) is 3.29. The van der Waals surface area contributed by atoms with Gasteiger partial charge in [0.15, 0.2) is 0 Å². The first-order valence-corrected chi connectivity index (χ1v) is 11.1. The second-order valence-corrected chi connectivity index (χ2v) is 8.54. The molecule has 2 N–H and O–H groups in total. The van der Waals surface area contributed by atoms with Gasteiger partial charge in [0.1, 0.15) is 17.2 Å². The molecule has 6 heteroatoms. The van der Waals surface area contributed by atoms with E-state index in [1.165, 1.54) is 24.3 Å². The highest BCUT2D eigenvalue weighted by molar-refractivity contribution is 5.77. The van der Waals surface area contributed by atoms with E-state index in [2.05, 4.69) is 11.4 Å². The lowest BCUT2D eigenvalue weighted by molar-refractivity contribution is -0.0718. The van der Waals surface area contributed by atoms with E-state index in [1.807, 2.05) is 18.2 Å². The minimum atomic E-state index is -0.621. The smallest absolute Gasteiger partial charge is 0.133 e. The zero-order chi connectivity index (χ0) is 22.8. The molecule has 1 aliphatic rings. The minimum absolute atomic E-state index is 0.219. The number of ether oxygens (including phenoxy) is 1. The van der Waals surface area contributed by atoms with Crippen LogP contribution in [0.25, 0.3) is 11.0 Å². The lowest BCUT2D eigenvalue weighted by atomic mass is 9.82. The van der Waals surface area contributed by atoms with E-state index in [0.717, 1.165) is 27.7 Å². The minimum Gasteiger partial charge on any atom is -0.464 e. The molecule has 0 aliphatic carbocycles. The Morgan fingerprint density at radius 2 is 1.58 bits per heavy atom. The quantitative estimate of drug-likeness (QED) is 0.427. The summed E-state index contributed by atoms with van der Waals surface area (Å²) < 4.78 is 38.6. The monoisotopic (exact) mass is 449 g/mol. The normalized spacial score (nSPS) is 21.0. The van der Waals surface area contributed by atoms with Crippen molar-refractivity contribution in [1.82, 2.24) is 5.32 Å². The van der Waals surface area contributed by atoms with Gasteiger partial charge in [-0.1, -0.05) is 30.3 Å². The summed E-state index contributed by atoms with van der Waals surface area (Å²) in [5, 5.41) is 15.3. The zero-order valence-corrected chi connectivity index (χ0v) is 18.0. The molecular weight excluding hydrogens is 424 g/mol. The fourth-order valence-electron chi connectivity index (χ4n) is 4.57. The second-order valence-electron chi connectivity index (χ2n) is 8.54. The Morgan fingerprint density at radius 3 is 2.21 bits per heavy atom. The maximum absolute atomic E-state index is 13.5. The second kappa shape index (κ2) is 9.43. The van der Waals surface area contributed by atoms with Crippen LogP contribution in [0.5, 0.6) is 0 Å². The third-order valence-electron chi connectivity index (χ3n) is 6.34. The van der Waals surface area contributed by atoms with Crippen LogP contribution in [-0.4, -0.2) is 30.0 Å². The molecule has 33 heavy (non-hydrogen) atoms. The first-order valence-electron chi connectivity index (χ1n) is 11.1. The first-order chi connectivity index (χ1) is 16.1. The number of rotatable bonds is 6. The first kappa shape index (κ1) is 21.8. The van der Waals surface area contributed by atoms with Crippen LogP contribution in [0.2, 0.25) is 0 Å². The summed E-state index contributed by atoms with van der Waals surface area (Å²) in [6.45, 7) is 0.925. The van der Waals surface area contributed by atoms with Gasteiger partial charge in [0, 0.05) is 24.3 Å². The van der Waals surface area contributed by atoms with E-state index in [0.29, 0.717) is 19.6 Å². The highest BCUT2D eigenvalue weighted by atomic mass is 19.1. The summed E-state index contributed by atoms with van der Waals surface area (Å²) in [6.07, 6.45) is 1.12. The van der Waals surface area contributed by atoms with Crippen LogP contribution in [0.3, 0.4) is 0 Å². The molecule has 1 aliphatic heterocycles. The average molecular weight is 449 g/mol. The molecule has 4 aromatic rings. The number of nitrogens with one attached hydrogen (secondary N) is 1. The molecule has 3 atom stereocenters. The molecule has 3 unspecified atom stereocenters. The topological polar surface area (TPSA) is 54.6 Å². The molecule has 1 aromatic heterocycles. The van der Waals surface area contributed by atoms with Crippen molar-refractivity contribution in [3.05, 3.63) is 107 Å². The maximum Gasteiger partial charge on any atom is 0.133 e. The molecular formula is C27H25F2NO3. The summed E-state index contributed by atoms with van der Waals surface area (Å²) in [4.78, 5) is 0. The van der Waals surface area contributed by atoms with E-state index in [9.17, 15) is 13.9 Å². The molecule has 3 aromatic carbocycles. The molecule has 1 fully saturated rings. The van der Waals surface area contributed by atoms with Gasteiger partial charge in [-0.2, -0.15) is 0 Å². The Morgan fingerprint density at radius 1 is 0.909 bits per heavy atom. The number of halogens is 2. The molecule has 170 valence electrons. The van der Waals surface area contributed by atoms with Crippen molar-refractivity contribution in [1.29, 1.82) is 0 Å². The SMILES string of the molecule is OC1CC(C(c2ccc(F)cc2)c2ccc(F)cc2)OCC1NCc1ccc2occc2c1. The van der Waals surface area contributed by atoms with Gasteiger partial charge >= 0.3 is 0 Å². The van der Waals surface area contributed by atoms with E-state index >= 15 is 0 Å². The maximum atomic E-state index is 13.5. The Hall–Kier alpha value is -3.06. The van der Waals surface area contributed by atoms with Gasteiger partial charge in [-0.05, 0) is 59.2 Å². The van der Waals surface area contributed by atoms with Crippen molar-refractivity contribution < 1.29 is 23.0 Å². The van der Waals surface area contributed by atoms with Crippen LogP contribution in [-0.2, 0) is 11.3 Å². The number of furan rings is 1. The van der Waals surface area contributed by atoms with E-state index < -0.39 is 6.10 Å². The zero-order valence-electron chi connectivity index (χ0n) is 18.0. The predicted octanol–water partition coefficient (Wildman–Crippen LogP) is 5.15. The van der Waals surface area contributed by atoms with Crippen LogP contribution in [0.1, 0.15) is 29.0 Å². The number of aliphatic hydroxyl groups is 1. The van der Waals surface area contributed by atoms with E-state index in [1.54, 1.807) is 30.5 Å². The van der Waals surface area contributed by atoms with Crippen LogP contribution in [0.15, 0.2) is 83.5 Å². The van der Waals surface area contributed by atoms with Crippen LogP contribution < -0.4 is 5.32 Å². The number of benzene rings is 3. The molecule has 0 spiro atoms. The van der Waals surface area contributed by atoms with Crippen LogP contribution in [0, 0.1) is 11.6 Å². The van der Waals surface area contributed by atoms with Gasteiger partial charge in [0.2, 0.25) is 0 Å². The largest absolute Gasteiger partial charge is 0.464 e. The van der Waals surface area contributed by atoms with Crippen LogP contribution in [0.4, 0.5) is 8.78 Å². The van der Waals surface area contributed by atoms with Crippen molar-refractivity contribution in [3.8, 4) is 0 Å². The van der Waals surface area contributed by atoms with E-state index in [-0.39, 0.29) is 29.7 Å². The summed E-state index contributed by atoms with van der Waals surface area (Å²) in [6, 6.07) is 20.2. The number of fused-ring (bicyclic) bond motifs is 1. The molecule has 5 rings (SSSR count). The highest BCUT2D eigenvalue weighted by Gasteiger charge is 2.35. The lowest BCUT2D eigenvalue weighted by Crippen LogP contribution is -2.50. The lowest BCUT2D eigenvalue weighted by Gasteiger charge is -2.38. The standard InChI is InChI=1S/C27H25F2NO3/c28-21-6-2-18(3-7-21)27(19-4-8-22(29)9-5-19)26-14-24(31)23(16-33-26)30-15-17-1-10-25-20(13-17)11-12-32-25/h1-13,23-24,26-27,30-31H,14-16H2. The summed E-state index contributed by atoms with van der Waals surface area (Å²) >= 11 is 0. The Labute approximate surface area is 190 Å².